The molecule has 0 aromatic heterocycles. The molecule has 0 aliphatic carbocycles. The van der Waals surface area contributed by atoms with E-state index in [0.717, 1.165) is 30.5 Å². The van der Waals surface area contributed by atoms with E-state index in [-0.39, 0.29) is 0 Å². The third-order valence-corrected chi connectivity index (χ3v) is 2.53. The molecule has 0 aromatic rings. The van der Waals surface area contributed by atoms with Gasteiger partial charge in [0.1, 0.15) is 0 Å². The van der Waals surface area contributed by atoms with E-state index >= 15 is 0 Å². The Hall–Kier alpha value is -0.180. The highest BCUT2D eigenvalue weighted by molar-refractivity contribution is 8.00. The second kappa shape index (κ2) is 3.11. The number of nitrogens with zero attached hydrogens (tertiary/aromatic N) is 1. The van der Waals surface area contributed by atoms with E-state index in [9.17, 15) is 4.79 Å². The molecule has 1 amide bonds. The lowest BCUT2D eigenvalue weighted by Crippen LogP contribution is -2.47. The molecule has 1 aliphatic rings. The number of hydrogen-bond donors (Lipinski definition) is 0. The summed E-state index contributed by atoms with van der Waals surface area (Å²) in [7, 11) is 0. The van der Waals surface area contributed by atoms with Crippen LogP contribution in [0.5, 0.6) is 0 Å². The Kier molecular flexibility index (Phi) is 2.39. The molecule has 0 aromatic carbocycles. The molecule has 1 rings (SSSR count). The average Bonchev–Trinajstić information content (AvgIpc) is 1.77. The molecule has 0 N–H and O–H groups in total. The van der Waals surface area contributed by atoms with E-state index in [4.69, 9.17) is 0 Å². The van der Waals surface area contributed by atoms with Gasteiger partial charge in [-0.15, -0.1) is 0 Å². The fourth-order valence-electron chi connectivity index (χ4n) is 0.897. The Morgan fingerprint density at radius 1 is 1.78 bits per heavy atom. The molecule has 1 fully saturated rings. The summed E-state index contributed by atoms with van der Waals surface area (Å²) >= 11 is 1.94. The van der Waals surface area contributed by atoms with Gasteiger partial charge in [-0.25, -0.2) is 0 Å². The Bertz CT molecular complexity index is 101. The van der Waals surface area contributed by atoms with Gasteiger partial charge in [0.25, 0.3) is 0 Å². The minimum atomic E-state index is 0.722. The van der Waals surface area contributed by atoms with Crippen molar-refractivity contribution in [3.63, 3.8) is 0 Å². The van der Waals surface area contributed by atoms with Crippen LogP contribution in [0.25, 0.3) is 0 Å². The van der Waals surface area contributed by atoms with Crippen LogP contribution in [-0.4, -0.2) is 35.4 Å². The first-order valence-electron chi connectivity index (χ1n) is 3.17. The van der Waals surface area contributed by atoms with E-state index in [1.165, 1.54) is 0 Å². The molecule has 0 saturated carbocycles. The number of amides is 1. The summed E-state index contributed by atoms with van der Waals surface area (Å²) in [5, 5.41) is 0.722. The molecule has 0 radical (unpaired) electrons. The summed E-state index contributed by atoms with van der Waals surface area (Å²) in [5.41, 5.74) is 0. The highest BCUT2D eigenvalue weighted by Crippen LogP contribution is 2.19. The lowest BCUT2D eigenvalue weighted by molar-refractivity contribution is -0.120. The number of carbonyl (C=O) groups excluding carboxylic acids is 1. The predicted molar refractivity (Wildman–Crippen MR) is 39.6 cm³/mol. The van der Waals surface area contributed by atoms with Crippen LogP contribution in [0.3, 0.4) is 0 Å². The highest BCUT2D eigenvalue weighted by Gasteiger charge is 2.24. The smallest absolute Gasteiger partial charge is 0.209 e. The third kappa shape index (κ3) is 1.61. The molecule has 1 saturated heterocycles. The third-order valence-electron chi connectivity index (χ3n) is 1.43. The molecule has 1 heterocycles. The Labute approximate surface area is 59.6 Å². The zero-order chi connectivity index (χ0) is 6.69. The van der Waals surface area contributed by atoms with Crippen LogP contribution in [0.1, 0.15) is 6.92 Å². The summed E-state index contributed by atoms with van der Waals surface area (Å²) in [6.45, 7) is 4.07. The van der Waals surface area contributed by atoms with Crippen LogP contribution in [0.4, 0.5) is 0 Å². The van der Waals surface area contributed by atoms with Crippen LogP contribution in [0, 0.1) is 0 Å². The second-order valence-electron chi connectivity index (χ2n) is 2.14. The number of thioether (sulfide) groups is 1. The predicted octanol–water partition coefficient (Wildman–Crippen LogP) is 0.580. The maximum absolute atomic E-state index is 10.1. The zero-order valence-electron chi connectivity index (χ0n) is 5.54. The summed E-state index contributed by atoms with van der Waals surface area (Å²) in [4.78, 5) is 11.9. The van der Waals surface area contributed by atoms with Gasteiger partial charge in [0, 0.05) is 18.3 Å². The molecule has 9 heavy (non-hydrogen) atoms. The molecule has 0 atom stereocenters. The fourth-order valence-corrected chi connectivity index (χ4v) is 1.96. The second-order valence-corrected chi connectivity index (χ2v) is 3.71. The van der Waals surface area contributed by atoms with Crippen LogP contribution in [0.15, 0.2) is 0 Å². The van der Waals surface area contributed by atoms with Crippen molar-refractivity contribution in [2.75, 3.05) is 18.8 Å². The summed E-state index contributed by atoms with van der Waals surface area (Å²) < 4.78 is 0. The lowest BCUT2D eigenvalue weighted by Gasteiger charge is -2.35. The Morgan fingerprint density at radius 2 is 2.44 bits per heavy atom. The van der Waals surface area contributed by atoms with Gasteiger partial charge in [0.2, 0.25) is 6.41 Å². The first-order chi connectivity index (χ1) is 4.36. The SMILES string of the molecule is CCSC1CN(C=O)C1. The zero-order valence-corrected chi connectivity index (χ0v) is 6.36. The van der Waals surface area contributed by atoms with Crippen molar-refractivity contribution in [1.82, 2.24) is 4.90 Å². The molecular weight excluding hydrogens is 134 g/mol. The first kappa shape index (κ1) is 6.93. The lowest BCUT2D eigenvalue weighted by atomic mass is 10.2. The van der Waals surface area contributed by atoms with Gasteiger partial charge >= 0.3 is 0 Å². The number of likely N-dealkylation sites (tertiary alicyclic amines) is 1. The summed E-state index contributed by atoms with van der Waals surface area (Å²) in [6.07, 6.45) is 0.923. The molecule has 2 nitrogen and oxygen atoms in total. The van der Waals surface area contributed by atoms with Gasteiger partial charge in [-0.1, -0.05) is 6.92 Å². The van der Waals surface area contributed by atoms with Gasteiger partial charge < -0.3 is 4.90 Å². The largest absolute Gasteiger partial charge is 0.343 e. The highest BCUT2D eigenvalue weighted by atomic mass is 32.2. The van der Waals surface area contributed by atoms with Crippen molar-refractivity contribution in [2.45, 2.75) is 12.2 Å². The number of hydrogen-bond acceptors (Lipinski definition) is 2. The molecular formula is C6H11NOS. The quantitative estimate of drug-likeness (QED) is 0.541. The fraction of sp³-hybridized carbons (Fsp3) is 0.833. The van der Waals surface area contributed by atoms with E-state index in [1.807, 2.05) is 11.8 Å². The van der Waals surface area contributed by atoms with Crippen molar-refractivity contribution in [3.8, 4) is 0 Å². The molecule has 0 unspecified atom stereocenters. The van der Waals surface area contributed by atoms with Crippen molar-refractivity contribution in [2.24, 2.45) is 0 Å². The molecule has 0 bridgehead atoms. The van der Waals surface area contributed by atoms with Gasteiger partial charge in [-0.3, -0.25) is 4.79 Å². The van der Waals surface area contributed by atoms with Crippen molar-refractivity contribution >= 4 is 18.2 Å². The monoisotopic (exact) mass is 145 g/mol. The van der Waals surface area contributed by atoms with E-state index < -0.39 is 0 Å². The van der Waals surface area contributed by atoms with Crippen molar-refractivity contribution in [1.29, 1.82) is 0 Å². The molecule has 3 heteroatoms. The van der Waals surface area contributed by atoms with Crippen LogP contribution in [-0.2, 0) is 4.79 Å². The van der Waals surface area contributed by atoms with Crippen LogP contribution in [0.2, 0.25) is 0 Å². The Balaban J connectivity index is 2.04. The van der Waals surface area contributed by atoms with E-state index in [1.54, 1.807) is 4.90 Å². The van der Waals surface area contributed by atoms with Crippen molar-refractivity contribution < 1.29 is 4.79 Å². The van der Waals surface area contributed by atoms with Crippen molar-refractivity contribution in [3.05, 3.63) is 0 Å². The summed E-state index contributed by atoms with van der Waals surface area (Å²) in [6, 6.07) is 0. The van der Waals surface area contributed by atoms with Crippen LogP contribution >= 0.6 is 11.8 Å². The Morgan fingerprint density at radius 3 is 2.89 bits per heavy atom. The first-order valence-corrected chi connectivity index (χ1v) is 4.22. The maximum Gasteiger partial charge on any atom is 0.209 e. The normalized spacial score (nSPS) is 19.4. The number of rotatable bonds is 3. The van der Waals surface area contributed by atoms with Crippen LogP contribution < -0.4 is 0 Å². The summed E-state index contributed by atoms with van der Waals surface area (Å²) in [5.74, 6) is 1.16. The van der Waals surface area contributed by atoms with Gasteiger partial charge in [-0.2, -0.15) is 11.8 Å². The average molecular weight is 145 g/mol. The minimum absolute atomic E-state index is 0.722. The molecule has 0 spiro atoms. The van der Waals surface area contributed by atoms with Gasteiger partial charge in [-0.05, 0) is 5.75 Å². The van der Waals surface area contributed by atoms with Gasteiger partial charge in [0.05, 0.1) is 0 Å². The van der Waals surface area contributed by atoms with E-state index in [2.05, 4.69) is 6.92 Å². The van der Waals surface area contributed by atoms with Gasteiger partial charge in [0.15, 0.2) is 0 Å². The maximum atomic E-state index is 10.1. The molecule has 1 aliphatic heterocycles. The molecule has 52 valence electrons. The standard InChI is InChI=1S/C6H11NOS/c1-2-9-6-3-7(4-6)5-8/h5-6H,2-4H2,1H3. The minimum Gasteiger partial charge on any atom is -0.343 e. The number of carbonyl (C=O) groups is 1. The van der Waals surface area contributed by atoms with E-state index in [0.29, 0.717) is 0 Å². The topological polar surface area (TPSA) is 20.3 Å².